The average molecular weight is 409 g/mol. The van der Waals surface area contributed by atoms with Crippen molar-refractivity contribution in [2.45, 2.75) is 31.8 Å². The van der Waals surface area contributed by atoms with Gasteiger partial charge in [-0.15, -0.1) is 0 Å². The van der Waals surface area contributed by atoms with Crippen molar-refractivity contribution in [3.63, 3.8) is 0 Å². The number of fused-ring (bicyclic) bond motifs is 1. The van der Waals surface area contributed by atoms with Crippen LogP contribution in [0, 0.1) is 5.82 Å². The number of anilines is 2. The highest BCUT2D eigenvalue weighted by Crippen LogP contribution is 2.32. The third-order valence-electron chi connectivity index (χ3n) is 5.13. The van der Waals surface area contributed by atoms with Gasteiger partial charge < -0.3 is 5.32 Å². The van der Waals surface area contributed by atoms with Gasteiger partial charge in [-0.25, -0.2) is 9.29 Å². The van der Waals surface area contributed by atoms with E-state index in [1.165, 1.54) is 23.2 Å². The molecule has 3 amide bonds. The van der Waals surface area contributed by atoms with E-state index in [1.807, 2.05) is 12.1 Å². The van der Waals surface area contributed by atoms with E-state index >= 15 is 0 Å². The number of rotatable bonds is 5. The van der Waals surface area contributed by atoms with E-state index in [9.17, 15) is 18.8 Å². The van der Waals surface area contributed by atoms with Gasteiger partial charge >= 0.3 is 0 Å². The summed E-state index contributed by atoms with van der Waals surface area (Å²) in [4.78, 5) is 39.1. The average Bonchev–Trinajstić information content (AvgIpc) is 3.23. The van der Waals surface area contributed by atoms with Crippen LogP contribution in [0.2, 0.25) is 0 Å². The number of halogens is 1. The minimum Gasteiger partial charge on any atom is -0.322 e. The zero-order valence-electron chi connectivity index (χ0n) is 16.4. The molecule has 2 aliphatic heterocycles. The maximum atomic E-state index is 13.7. The van der Waals surface area contributed by atoms with Gasteiger partial charge in [0.05, 0.1) is 11.4 Å². The molecule has 2 atom stereocenters. The Morgan fingerprint density at radius 2 is 1.80 bits per heavy atom. The van der Waals surface area contributed by atoms with Gasteiger partial charge in [-0.05, 0) is 35.7 Å². The quantitative estimate of drug-likeness (QED) is 0.769. The molecule has 8 nitrogen and oxygen atoms in total. The summed E-state index contributed by atoms with van der Waals surface area (Å²) in [5, 5.41) is 11.3. The fourth-order valence-electron chi connectivity index (χ4n) is 3.52. The van der Waals surface area contributed by atoms with E-state index in [2.05, 4.69) is 29.5 Å². The number of benzene rings is 2. The van der Waals surface area contributed by atoms with Crippen LogP contribution >= 0.6 is 0 Å². The molecule has 154 valence electrons. The largest absolute Gasteiger partial charge is 0.322 e. The van der Waals surface area contributed by atoms with Crippen LogP contribution in [-0.2, 0) is 14.4 Å². The number of hydrogen-bond acceptors (Lipinski definition) is 6. The fraction of sp³-hybridized carbons (Fsp3) is 0.286. The van der Waals surface area contributed by atoms with Gasteiger partial charge in [-0.1, -0.05) is 43.3 Å². The van der Waals surface area contributed by atoms with Crippen LogP contribution in [0.4, 0.5) is 15.8 Å². The van der Waals surface area contributed by atoms with Gasteiger partial charge in [0, 0.05) is 0 Å². The van der Waals surface area contributed by atoms with E-state index < -0.39 is 35.6 Å². The summed E-state index contributed by atoms with van der Waals surface area (Å²) in [5.74, 6) is -1.80. The van der Waals surface area contributed by atoms with Crippen molar-refractivity contribution in [1.82, 2.24) is 5.01 Å². The van der Waals surface area contributed by atoms with Crippen LogP contribution in [0.3, 0.4) is 0 Å². The summed E-state index contributed by atoms with van der Waals surface area (Å²) in [7, 11) is 0. The van der Waals surface area contributed by atoms with Crippen LogP contribution in [-0.4, -0.2) is 41.4 Å². The molecule has 0 spiro atoms. The normalized spacial score (nSPS) is 20.3. The second-order valence-electron chi connectivity index (χ2n) is 7.48. The summed E-state index contributed by atoms with van der Waals surface area (Å²) >= 11 is 0. The maximum absolute atomic E-state index is 13.7. The Labute approximate surface area is 172 Å². The van der Waals surface area contributed by atoms with Crippen LogP contribution in [0.25, 0.3) is 0 Å². The molecule has 0 radical (unpaired) electrons. The van der Waals surface area contributed by atoms with Gasteiger partial charge in [0.15, 0.2) is 12.1 Å². The lowest BCUT2D eigenvalue weighted by molar-refractivity contribution is -0.123. The van der Waals surface area contributed by atoms with Crippen molar-refractivity contribution in [1.29, 1.82) is 0 Å². The number of para-hydroxylation sites is 1. The number of carbonyl (C=O) groups is 3. The van der Waals surface area contributed by atoms with Crippen molar-refractivity contribution in [3.8, 4) is 0 Å². The predicted octanol–water partition coefficient (Wildman–Crippen LogP) is 2.88. The first-order valence-corrected chi connectivity index (χ1v) is 9.56. The third kappa shape index (κ3) is 3.42. The molecule has 1 saturated heterocycles. The highest BCUT2D eigenvalue weighted by molar-refractivity contribution is 6.25. The van der Waals surface area contributed by atoms with Gasteiger partial charge in [0.1, 0.15) is 12.4 Å². The Balaban J connectivity index is 1.49. The van der Waals surface area contributed by atoms with E-state index in [0.717, 1.165) is 10.5 Å². The molecule has 2 heterocycles. The highest BCUT2D eigenvalue weighted by atomic mass is 19.1. The first-order chi connectivity index (χ1) is 14.4. The SMILES string of the molecule is CC(C)c1ccc(N2C(=O)[C@H]3N=NN(CC(=O)Nc4ccccc4F)[C@H]3C2=O)cc1. The van der Waals surface area contributed by atoms with Crippen molar-refractivity contribution < 1.29 is 18.8 Å². The molecule has 9 heteroatoms. The molecule has 30 heavy (non-hydrogen) atoms. The second-order valence-corrected chi connectivity index (χ2v) is 7.48. The lowest BCUT2D eigenvalue weighted by Gasteiger charge is -2.20. The van der Waals surface area contributed by atoms with Gasteiger partial charge in [-0.3, -0.25) is 19.4 Å². The second kappa shape index (κ2) is 7.66. The molecule has 1 N–H and O–H groups in total. The zero-order chi connectivity index (χ0) is 21.4. The standard InChI is InChI=1S/C21H20FN5O3/c1-12(2)13-7-9-14(10-8-13)27-20(29)18-19(21(27)30)26(25-24-18)11-17(28)23-16-6-4-3-5-15(16)22/h3-10,12,18-19H,11H2,1-2H3,(H,23,28)/t18-,19+/m0/s1. The Morgan fingerprint density at radius 1 is 1.10 bits per heavy atom. The van der Waals surface area contributed by atoms with Crippen LogP contribution in [0.5, 0.6) is 0 Å². The molecule has 4 rings (SSSR count). The van der Waals surface area contributed by atoms with E-state index in [4.69, 9.17) is 0 Å². The smallest absolute Gasteiger partial charge is 0.263 e. The number of amides is 3. The van der Waals surface area contributed by atoms with E-state index in [0.29, 0.717) is 11.6 Å². The number of carbonyl (C=O) groups excluding carboxylic acids is 3. The van der Waals surface area contributed by atoms with Gasteiger partial charge in [0.25, 0.3) is 11.8 Å². The predicted molar refractivity (Wildman–Crippen MR) is 107 cm³/mol. The number of nitrogens with one attached hydrogen (secondary N) is 1. The molecule has 2 aromatic carbocycles. The Bertz CT molecular complexity index is 1040. The third-order valence-corrected chi connectivity index (χ3v) is 5.13. The minimum absolute atomic E-state index is 0.0240. The van der Waals surface area contributed by atoms with Crippen molar-refractivity contribution in [3.05, 3.63) is 59.9 Å². The molecule has 2 aromatic rings. The lowest BCUT2D eigenvalue weighted by atomic mass is 10.0. The van der Waals surface area contributed by atoms with Crippen molar-refractivity contribution in [2.75, 3.05) is 16.8 Å². The number of nitrogens with zero attached hydrogens (tertiary/aromatic N) is 4. The summed E-state index contributed by atoms with van der Waals surface area (Å²) in [6.45, 7) is 3.77. The first-order valence-electron chi connectivity index (χ1n) is 9.56. The molecule has 1 fully saturated rings. The monoisotopic (exact) mass is 409 g/mol. The molecule has 0 aromatic heterocycles. The molecule has 2 aliphatic rings. The maximum Gasteiger partial charge on any atom is 0.263 e. The molecule has 0 saturated carbocycles. The molecular formula is C21H20FN5O3. The van der Waals surface area contributed by atoms with Crippen molar-refractivity contribution >= 4 is 29.1 Å². The molecular weight excluding hydrogens is 389 g/mol. The van der Waals surface area contributed by atoms with Gasteiger partial charge in [-0.2, -0.15) is 5.11 Å². The van der Waals surface area contributed by atoms with E-state index in [-0.39, 0.29) is 12.2 Å². The Kier molecular flexibility index (Phi) is 5.03. The molecule has 0 aliphatic carbocycles. The van der Waals surface area contributed by atoms with Crippen LogP contribution in [0.1, 0.15) is 25.3 Å². The Hall–Kier alpha value is -3.62. The number of imide groups is 1. The Morgan fingerprint density at radius 3 is 2.47 bits per heavy atom. The summed E-state index contributed by atoms with van der Waals surface area (Å²) in [6.07, 6.45) is 0. The fourth-order valence-corrected chi connectivity index (χ4v) is 3.52. The topological polar surface area (TPSA) is 94.4 Å². The summed E-state index contributed by atoms with van der Waals surface area (Å²) < 4.78 is 13.7. The minimum atomic E-state index is -0.997. The van der Waals surface area contributed by atoms with E-state index in [1.54, 1.807) is 18.2 Å². The highest BCUT2D eigenvalue weighted by Gasteiger charge is 2.55. The molecule has 0 bridgehead atoms. The van der Waals surface area contributed by atoms with Crippen LogP contribution in [0.15, 0.2) is 58.9 Å². The zero-order valence-corrected chi connectivity index (χ0v) is 16.4. The molecule has 0 unspecified atom stereocenters. The van der Waals surface area contributed by atoms with Crippen molar-refractivity contribution in [2.24, 2.45) is 10.3 Å². The summed E-state index contributed by atoms with van der Waals surface area (Å²) in [6, 6.07) is 10.9. The van der Waals surface area contributed by atoms with Crippen LogP contribution < -0.4 is 10.2 Å². The summed E-state index contributed by atoms with van der Waals surface area (Å²) in [5.41, 5.74) is 1.56. The number of hydrogen-bond donors (Lipinski definition) is 1. The first kappa shape index (κ1) is 19.7. The van der Waals surface area contributed by atoms with Gasteiger partial charge in [0.2, 0.25) is 5.91 Å². The lowest BCUT2D eigenvalue weighted by Crippen LogP contribution is -2.43.